The molecule has 0 heterocycles. The van der Waals surface area contributed by atoms with Crippen molar-refractivity contribution in [2.24, 2.45) is 0 Å². The van der Waals surface area contributed by atoms with Crippen LogP contribution in [0.1, 0.15) is 83.1 Å². The molecule has 0 aromatic carbocycles. The van der Waals surface area contributed by atoms with Gasteiger partial charge in [-0.3, -0.25) is 4.79 Å². The van der Waals surface area contributed by atoms with Gasteiger partial charge in [-0.2, -0.15) is 0 Å². The second kappa shape index (κ2) is 32.8. The lowest BCUT2D eigenvalue weighted by molar-refractivity contribution is -0.117. The van der Waals surface area contributed by atoms with Crippen molar-refractivity contribution in [3.63, 3.8) is 0 Å². The zero-order chi connectivity index (χ0) is 40.9. The van der Waals surface area contributed by atoms with Crippen LogP contribution < -0.4 is 5.32 Å². The molecular formula is C40H79NO13. The average Bonchev–Trinajstić information content (AvgIpc) is 3.16. The maximum atomic E-state index is 11.3. The van der Waals surface area contributed by atoms with E-state index in [4.69, 9.17) is 56.8 Å². The van der Waals surface area contributed by atoms with Crippen LogP contribution in [0.2, 0.25) is 0 Å². The summed E-state index contributed by atoms with van der Waals surface area (Å²) in [4.78, 5) is 11.3. The van der Waals surface area contributed by atoms with E-state index in [0.29, 0.717) is 79.2 Å². The van der Waals surface area contributed by atoms with Gasteiger partial charge < -0.3 is 62.2 Å². The molecule has 0 aliphatic carbocycles. The topological polar surface area (TPSA) is 140 Å². The molecular weight excluding hydrogens is 702 g/mol. The molecule has 0 rings (SSSR count). The zero-order valence-electron chi connectivity index (χ0n) is 36.0. The van der Waals surface area contributed by atoms with E-state index in [1.807, 2.05) is 83.1 Å². The molecule has 322 valence electrons. The van der Waals surface area contributed by atoms with Crippen molar-refractivity contribution < 1.29 is 61.6 Å². The molecule has 0 aromatic heterocycles. The smallest absolute Gasteiger partial charge is 0.243 e. The Hall–Kier alpha value is -1.27. The van der Waals surface area contributed by atoms with Crippen LogP contribution in [-0.2, 0) is 61.6 Å². The molecule has 0 aromatic rings. The van der Waals surface area contributed by atoms with Gasteiger partial charge in [0, 0.05) is 13.7 Å². The molecule has 0 aliphatic heterocycles. The Morgan fingerprint density at radius 2 is 0.574 bits per heavy atom. The molecule has 14 nitrogen and oxygen atoms in total. The summed E-state index contributed by atoms with van der Waals surface area (Å²) in [7, 11) is 1.67. The van der Waals surface area contributed by atoms with Gasteiger partial charge in [0.1, 0.15) is 0 Å². The maximum absolute atomic E-state index is 11.3. The summed E-state index contributed by atoms with van der Waals surface area (Å²) < 4.78 is 69.8. The molecule has 54 heavy (non-hydrogen) atoms. The number of carbonyl (C=O) groups is 1. The summed E-state index contributed by atoms with van der Waals surface area (Å²) in [5.74, 6) is -0.218. The number of nitrogens with one attached hydrogen (secondary N) is 1. The predicted molar refractivity (Wildman–Crippen MR) is 209 cm³/mol. The molecule has 12 unspecified atom stereocenters. The van der Waals surface area contributed by atoms with Crippen molar-refractivity contribution in [2.75, 3.05) is 86.3 Å². The molecule has 12 atom stereocenters. The highest BCUT2D eigenvalue weighted by Crippen LogP contribution is 2.07. The van der Waals surface area contributed by atoms with Gasteiger partial charge in [0.05, 0.1) is 146 Å². The highest BCUT2D eigenvalue weighted by Gasteiger charge is 2.16. The molecule has 0 aliphatic rings. The Bertz CT molecular complexity index is 902. The molecule has 0 saturated heterocycles. The molecule has 0 bridgehead atoms. The van der Waals surface area contributed by atoms with Gasteiger partial charge in [-0.05, 0) is 89.2 Å². The van der Waals surface area contributed by atoms with Gasteiger partial charge in [-0.15, -0.1) is 0 Å². The maximum Gasteiger partial charge on any atom is 0.243 e. The lowest BCUT2D eigenvalue weighted by Crippen LogP contribution is -2.33. The fraction of sp³-hybridized carbons (Fsp3) is 0.925. The molecule has 0 spiro atoms. The van der Waals surface area contributed by atoms with E-state index in [1.165, 1.54) is 6.08 Å². The van der Waals surface area contributed by atoms with Gasteiger partial charge in [0.25, 0.3) is 0 Å². The molecule has 0 fully saturated rings. The average molecular weight is 782 g/mol. The van der Waals surface area contributed by atoms with Crippen LogP contribution in [0.15, 0.2) is 12.7 Å². The first-order valence-electron chi connectivity index (χ1n) is 19.7. The van der Waals surface area contributed by atoms with Crippen molar-refractivity contribution >= 4 is 5.91 Å². The first kappa shape index (κ1) is 52.7. The number of amides is 1. The van der Waals surface area contributed by atoms with Gasteiger partial charge in [-0.1, -0.05) is 6.58 Å². The van der Waals surface area contributed by atoms with Gasteiger partial charge in [-0.25, -0.2) is 0 Å². The first-order valence-corrected chi connectivity index (χ1v) is 19.7. The van der Waals surface area contributed by atoms with E-state index in [-0.39, 0.29) is 79.2 Å². The fourth-order valence-corrected chi connectivity index (χ4v) is 4.22. The summed E-state index contributed by atoms with van der Waals surface area (Å²) in [5, 5.41) is 2.71. The van der Waals surface area contributed by atoms with E-state index in [0.717, 1.165) is 0 Å². The Morgan fingerprint density at radius 1 is 0.389 bits per heavy atom. The third-order valence-electron chi connectivity index (χ3n) is 7.92. The van der Waals surface area contributed by atoms with Crippen LogP contribution in [0.4, 0.5) is 0 Å². The monoisotopic (exact) mass is 782 g/mol. The van der Waals surface area contributed by atoms with Crippen molar-refractivity contribution in [1.82, 2.24) is 5.32 Å². The minimum atomic E-state index is -0.218. The minimum absolute atomic E-state index is 0.0150. The predicted octanol–water partition coefficient (Wildman–Crippen LogP) is 4.78. The van der Waals surface area contributed by atoms with Gasteiger partial charge >= 0.3 is 0 Å². The summed E-state index contributed by atoms with van der Waals surface area (Å²) in [6, 6.07) is 0. The Labute approximate surface area is 327 Å². The summed E-state index contributed by atoms with van der Waals surface area (Å²) in [5.41, 5.74) is 0. The molecule has 0 radical (unpaired) electrons. The summed E-state index contributed by atoms with van der Waals surface area (Å²) >= 11 is 0. The number of ether oxygens (including phenoxy) is 12. The standard InChI is InChI=1S/C40H79NO13/c1-15-40(42)41-16-28(2)44-18-30(4)46-20-32(6)48-22-34(8)50-24-36(10)52-26-38(12)54-27-39(13)53-25-37(11)51-23-35(9)49-21-33(7)47-19-31(5)45-17-29(3)43-14/h15,28-39H,1,16-27H2,2-14H3,(H,41,42). The normalized spacial score (nSPS) is 18.8. The van der Waals surface area contributed by atoms with Crippen molar-refractivity contribution in [3.05, 3.63) is 12.7 Å². The number of methoxy groups -OCH3 is 1. The largest absolute Gasteiger partial charge is 0.379 e. The Balaban J connectivity index is 3.96. The van der Waals surface area contributed by atoms with Crippen LogP contribution in [0.5, 0.6) is 0 Å². The van der Waals surface area contributed by atoms with Gasteiger partial charge in [0.2, 0.25) is 5.91 Å². The second-order valence-electron chi connectivity index (χ2n) is 14.6. The number of carbonyl (C=O) groups excluding carboxylic acids is 1. The number of rotatable bonds is 37. The van der Waals surface area contributed by atoms with E-state index in [9.17, 15) is 4.79 Å². The van der Waals surface area contributed by atoms with Crippen LogP contribution in [0, 0.1) is 0 Å². The third kappa shape index (κ3) is 31.9. The van der Waals surface area contributed by atoms with E-state index in [2.05, 4.69) is 11.9 Å². The van der Waals surface area contributed by atoms with E-state index < -0.39 is 0 Å². The quantitative estimate of drug-likeness (QED) is 0.0867. The highest BCUT2D eigenvalue weighted by molar-refractivity contribution is 5.86. The van der Waals surface area contributed by atoms with Crippen LogP contribution in [0.25, 0.3) is 0 Å². The van der Waals surface area contributed by atoms with E-state index in [1.54, 1.807) is 7.11 Å². The van der Waals surface area contributed by atoms with Gasteiger partial charge in [0.15, 0.2) is 0 Å². The zero-order valence-corrected chi connectivity index (χ0v) is 36.0. The third-order valence-corrected chi connectivity index (χ3v) is 7.92. The second-order valence-corrected chi connectivity index (χ2v) is 14.6. The lowest BCUT2D eigenvalue weighted by atomic mass is 10.3. The summed E-state index contributed by atoms with van der Waals surface area (Å²) in [6.45, 7) is 32.5. The van der Waals surface area contributed by atoms with Crippen LogP contribution in [0.3, 0.4) is 0 Å². The fourth-order valence-electron chi connectivity index (χ4n) is 4.22. The molecule has 1 N–H and O–H groups in total. The lowest BCUT2D eigenvalue weighted by Gasteiger charge is -2.23. The molecule has 1 amide bonds. The van der Waals surface area contributed by atoms with Crippen molar-refractivity contribution in [3.8, 4) is 0 Å². The first-order chi connectivity index (χ1) is 25.5. The summed E-state index contributed by atoms with van der Waals surface area (Å²) in [6.07, 6.45) is 0.360. The van der Waals surface area contributed by atoms with Crippen LogP contribution in [-0.4, -0.2) is 165 Å². The van der Waals surface area contributed by atoms with Crippen LogP contribution >= 0.6 is 0 Å². The number of hydrogen-bond donors (Lipinski definition) is 1. The van der Waals surface area contributed by atoms with Crippen molar-refractivity contribution in [1.29, 1.82) is 0 Å². The molecule has 14 heteroatoms. The minimum Gasteiger partial charge on any atom is -0.379 e. The molecule has 0 saturated carbocycles. The van der Waals surface area contributed by atoms with Crippen molar-refractivity contribution in [2.45, 2.75) is 156 Å². The highest BCUT2D eigenvalue weighted by atomic mass is 16.6. The Morgan fingerprint density at radius 3 is 0.759 bits per heavy atom. The Kier molecular flexibility index (Phi) is 32.0. The number of hydrogen-bond acceptors (Lipinski definition) is 13. The van der Waals surface area contributed by atoms with E-state index >= 15 is 0 Å². The SMILES string of the molecule is C=CC(=O)NCC(C)OCC(C)OCC(C)OCC(C)OCC(C)OCC(C)OCC(C)OCC(C)OCC(C)OCC(C)OCC(C)OCC(C)OC.